The molecular weight excluding hydrogens is 220 g/mol. The number of fused-ring (bicyclic) bond motifs is 1. The first kappa shape index (κ1) is 13.2. The van der Waals surface area contributed by atoms with Gasteiger partial charge in [-0.2, -0.15) is 0 Å². The summed E-state index contributed by atoms with van der Waals surface area (Å²) >= 11 is 0. The van der Waals surface area contributed by atoms with Gasteiger partial charge in [-0.05, 0) is 38.5 Å². The molecule has 2 rings (SSSR count). The van der Waals surface area contributed by atoms with Crippen molar-refractivity contribution in [2.24, 2.45) is 0 Å². The van der Waals surface area contributed by atoms with Gasteiger partial charge in [-0.15, -0.1) is 0 Å². The molecule has 0 fully saturated rings. The third-order valence-electron chi connectivity index (χ3n) is 3.39. The Morgan fingerprint density at radius 2 is 1.89 bits per heavy atom. The van der Waals surface area contributed by atoms with Gasteiger partial charge in [-0.1, -0.05) is 26.0 Å². The molecule has 0 aliphatic rings. The third-order valence-corrected chi connectivity index (χ3v) is 3.39. The molecule has 0 aliphatic heterocycles. The zero-order valence-electron chi connectivity index (χ0n) is 12.1. The van der Waals surface area contributed by atoms with Crippen molar-refractivity contribution in [2.75, 3.05) is 0 Å². The summed E-state index contributed by atoms with van der Waals surface area (Å²) in [5, 5.41) is 4.90. The summed E-state index contributed by atoms with van der Waals surface area (Å²) in [6, 6.07) is 9.90. The van der Waals surface area contributed by atoms with Crippen LogP contribution in [0.2, 0.25) is 0 Å². The summed E-state index contributed by atoms with van der Waals surface area (Å²) in [5.74, 6) is 0. The molecule has 1 heterocycles. The third kappa shape index (κ3) is 2.44. The van der Waals surface area contributed by atoms with Crippen LogP contribution in [0.4, 0.5) is 0 Å². The maximum absolute atomic E-state index is 3.52. The molecule has 2 aromatic rings. The van der Waals surface area contributed by atoms with Gasteiger partial charge in [0.05, 0.1) is 0 Å². The molecule has 0 saturated heterocycles. The van der Waals surface area contributed by atoms with Crippen LogP contribution >= 0.6 is 0 Å². The lowest BCUT2D eigenvalue weighted by atomic mass is 10.1. The van der Waals surface area contributed by atoms with Crippen LogP contribution in [-0.4, -0.2) is 10.6 Å². The van der Waals surface area contributed by atoms with Crippen molar-refractivity contribution in [1.82, 2.24) is 9.88 Å². The fourth-order valence-corrected chi connectivity index (χ4v) is 2.51. The van der Waals surface area contributed by atoms with Crippen molar-refractivity contribution in [3.63, 3.8) is 0 Å². The Labute approximate surface area is 110 Å². The van der Waals surface area contributed by atoms with Gasteiger partial charge in [0.1, 0.15) is 0 Å². The van der Waals surface area contributed by atoms with Crippen LogP contribution in [0.25, 0.3) is 10.9 Å². The van der Waals surface area contributed by atoms with E-state index in [0.29, 0.717) is 12.1 Å². The Morgan fingerprint density at radius 1 is 1.17 bits per heavy atom. The molecule has 0 atom stereocenters. The maximum atomic E-state index is 3.52. The van der Waals surface area contributed by atoms with Gasteiger partial charge >= 0.3 is 0 Å². The lowest BCUT2D eigenvalue weighted by Crippen LogP contribution is -2.23. The molecule has 2 heteroatoms. The summed E-state index contributed by atoms with van der Waals surface area (Å²) in [6.45, 7) is 12.0. The molecule has 0 bridgehead atoms. The molecule has 0 saturated carbocycles. The summed E-state index contributed by atoms with van der Waals surface area (Å²) in [7, 11) is 0. The molecule has 0 unspecified atom stereocenters. The predicted molar refractivity (Wildman–Crippen MR) is 79.0 cm³/mol. The monoisotopic (exact) mass is 244 g/mol. The second kappa shape index (κ2) is 5.15. The van der Waals surface area contributed by atoms with Crippen LogP contribution in [0.5, 0.6) is 0 Å². The smallest absolute Gasteiger partial charge is 0.0488 e. The normalized spacial score (nSPS) is 11.9. The molecule has 0 aliphatic carbocycles. The van der Waals surface area contributed by atoms with Gasteiger partial charge in [0.2, 0.25) is 0 Å². The molecule has 18 heavy (non-hydrogen) atoms. The van der Waals surface area contributed by atoms with Crippen LogP contribution in [0, 0.1) is 6.92 Å². The van der Waals surface area contributed by atoms with Gasteiger partial charge in [-0.25, -0.2) is 0 Å². The molecule has 0 spiro atoms. The number of hydrogen-bond donors (Lipinski definition) is 1. The standard InChI is InChI=1S/C16H24N2/c1-11(2)17-10-14-9-15-13(5)7-6-8-16(15)18(14)12(3)4/h6-9,11-12,17H,10H2,1-5H3. The minimum Gasteiger partial charge on any atom is -0.341 e. The van der Waals surface area contributed by atoms with Gasteiger partial charge in [-0.3, -0.25) is 0 Å². The van der Waals surface area contributed by atoms with E-state index in [0.717, 1.165) is 6.54 Å². The zero-order chi connectivity index (χ0) is 13.3. The molecule has 0 amide bonds. The number of rotatable bonds is 4. The highest BCUT2D eigenvalue weighted by Gasteiger charge is 2.12. The number of aromatic nitrogens is 1. The second-order valence-electron chi connectivity index (χ2n) is 5.64. The molecule has 2 nitrogen and oxygen atoms in total. The van der Waals surface area contributed by atoms with E-state index in [9.17, 15) is 0 Å². The average molecular weight is 244 g/mol. The van der Waals surface area contributed by atoms with E-state index in [4.69, 9.17) is 0 Å². The first-order valence-corrected chi connectivity index (χ1v) is 6.83. The summed E-state index contributed by atoms with van der Waals surface area (Å²) in [4.78, 5) is 0. The van der Waals surface area contributed by atoms with Gasteiger partial charge in [0, 0.05) is 35.2 Å². The zero-order valence-corrected chi connectivity index (χ0v) is 12.1. The summed E-state index contributed by atoms with van der Waals surface area (Å²) in [5.41, 5.74) is 4.09. The van der Waals surface area contributed by atoms with Gasteiger partial charge in [0.25, 0.3) is 0 Å². The Morgan fingerprint density at radius 3 is 2.50 bits per heavy atom. The minimum atomic E-state index is 0.494. The maximum Gasteiger partial charge on any atom is 0.0488 e. The Kier molecular flexibility index (Phi) is 3.76. The van der Waals surface area contributed by atoms with Crippen LogP contribution in [0.15, 0.2) is 24.3 Å². The quantitative estimate of drug-likeness (QED) is 0.859. The molecule has 1 aromatic carbocycles. The molecule has 0 radical (unpaired) electrons. The Balaban J connectivity index is 2.51. The van der Waals surface area contributed by atoms with Gasteiger partial charge in [0.15, 0.2) is 0 Å². The van der Waals surface area contributed by atoms with E-state index in [-0.39, 0.29) is 0 Å². The number of hydrogen-bond acceptors (Lipinski definition) is 1. The topological polar surface area (TPSA) is 17.0 Å². The Hall–Kier alpha value is -1.28. The summed E-state index contributed by atoms with van der Waals surface area (Å²) in [6.07, 6.45) is 0. The van der Waals surface area contributed by atoms with E-state index in [1.165, 1.54) is 22.2 Å². The van der Waals surface area contributed by atoms with Crippen LogP contribution in [0.1, 0.15) is 45.0 Å². The van der Waals surface area contributed by atoms with Crippen molar-refractivity contribution in [1.29, 1.82) is 0 Å². The fraction of sp³-hybridized carbons (Fsp3) is 0.500. The highest BCUT2D eigenvalue weighted by molar-refractivity contribution is 5.84. The second-order valence-corrected chi connectivity index (χ2v) is 5.64. The number of benzene rings is 1. The molecule has 1 aromatic heterocycles. The largest absolute Gasteiger partial charge is 0.341 e. The summed E-state index contributed by atoms with van der Waals surface area (Å²) < 4.78 is 2.44. The lowest BCUT2D eigenvalue weighted by Gasteiger charge is -2.16. The van der Waals surface area contributed by atoms with Crippen LogP contribution < -0.4 is 5.32 Å². The highest BCUT2D eigenvalue weighted by atomic mass is 15.0. The van der Waals surface area contributed by atoms with Crippen molar-refractivity contribution in [2.45, 2.75) is 53.2 Å². The van der Waals surface area contributed by atoms with E-state index in [1.54, 1.807) is 0 Å². The first-order chi connectivity index (χ1) is 8.50. The average Bonchev–Trinajstić information content (AvgIpc) is 2.66. The van der Waals surface area contributed by atoms with E-state index in [1.807, 2.05) is 0 Å². The van der Waals surface area contributed by atoms with Crippen molar-refractivity contribution >= 4 is 10.9 Å². The molecular formula is C16H24N2. The van der Waals surface area contributed by atoms with Crippen molar-refractivity contribution in [3.8, 4) is 0 Å². The van der Waals surface area contributed by atoms with Crippen molar-refractivity contribution in [3.05, 3.63) is 35.5 Å². The minimum absolute atomic E-state index is 0.494. The van der Waals surface area contributed by atoms with E-state index < -0.39 is 0 Å². The number of nitrogens with zero attached hydrogens (tertiary/aromatic N) is 1. The molecule has 98 valence electrons. The van der Waals surface area contributed by atoms with Crippen LogP contribution in [-0.2, 0) is 6.54 Å². The number of nitrogens with one attached hydrogen (secondary N) is 1. The van der Waals surface area contributed by atoms with Gasteiger partial charge < -0.3 is 9.88 Å². The molecule has 1 N–H and O–H groups in total. The Bertz CT molecular complexity index is 535. The lowest BCUT2D eigenvalue weighted by molar-refractivity contribution is 0.534. The number of aryl methyl sites for hydroxylation is 1. The first-order valence-electron chi connectivity index (χ1n) is 6.83. The van der Waals surface area contributed by atoms with E-state index in [2.05, 4.69) is 68.8 Å². The van der Waals surface area contributed by atoms with Crippen LogP contribution in [0.3, 0.4) is 0 Å². The SMILES string of the molecule is Cc1cccc2c1cc(CNC(C)C)n2C(C)C. The fourth-order valence-electron chi connectivity index (χ4n) is 2.51. The highest BCUT2D eigenvalue weighted by Crippen LogP contribution is 2.26. The van der Waals surface area contributed by atoms with E-state index >= 15 is 0 Å². The van der Waals surface area contributed by atoms with Crippen molar-refractivity contribution < 1.29 is 0 Å². The predicted octanol–water partition coefficient (Wildman–Crippen LogP) is 4.03.